The molecule has 2 aromatic rings. The summed E-state index contributed by atoms with van der Waals surface area (Å²) in [7, 11) is 0. The molecular weight excluding hydrogens is 254 g/mol. The molecule has 1 atom stereocenters. The molecule has 1 aromatic heterocycles. The van der Waals surface area contributed by atoms with Gasteiger partial charge in [0.2, 0.25) is 5.56 Å². The van der Waals surface area contributed by atoms with Gasteiger partial charge in [0.1, 0.15) is 0 Å². The van der Waals surface area contributed by atoms with Crippen LogP contribution in [-0.2, 0) is 0 Å². The third-order valence-electron chi connectivity index (χ3n) is 3.74. The number of nitrogens with one attached hydrogen (secondary N) is 2. The van der Waals surface area contributed by atoms with E-state index in [0.717, 1.165) is 18.5 Å². The molecule has 0 spiro atoms. The van der Waals surface area contributed by atoms with Crippen molar-refractivity contribution in [3.8, 4) is 0 Å². The summed E-state index contributed by atoms with van der Waals surface area (Å²) in [6.07, 6.45) is 0. The molecule has 1 amide bonds. The van der Waals surface area contributed by atoms with Crippen molar-refractivity contribution in [1.29, 1.82) is 0 Å². The number of pyridine rings is 1. The first kappa shape index (κ1) is 12.9. The van der Waals surface area contributed by atoms with Crippen LogP contribution >= 0.6 is 0 Å². The predicted molar refractivity (Wildman–Crippen MR) is 77.9 cm³/mol. The van der Waals surface area contributed by atoms with Gasteiger partial charge in [-0.05, 0) is 13.0 Å². The van der Waals surface area contributed by atoms with Crippen LogP contribution in [0.5, 0.6) is 0 Å². The zero-order valence-electron chi connectivity index (χ0n) is 11.3. The molecule has 20 heavy (non-hydrogen) atoms. The van der Waals surface area contributed by atoms with Crippen molar-refractivity contribution in [3.05, 3.63) is 46.2 Å². The summed E-state index contributed by atoms with van der Waals surface area (Å²) >= 11 is 0. The van der Waals surface area contributed by atoms with Gasteiger partial charge in [-0.1, -0.05) is 18.2 Å². The minimum absolute atomic E-state index is 0.0682. The van der Waals surface area contributed by atoms with E-state index in [1.165, 1.54) is 6.07 Å². The Bertz CT molecular complexity index is 708. The standard InChI is InChI=1S/C15H17N3O2/c1-10-9-16-6-7-18(10)15(20)12-8-14(19)17-13-5-3-2-4-11(12)13/h2-5,8,10,16H,6-7,9H2,1H3,(H,17,19)/t10-/m0/s1. The van der Waals surface area contributed by atoms with Crippen LogP contribution in [0.2, 0.25) is 0 Å². The lowest BCUT2D eigenvalue weighted by Gasteiger charge is -2.34. The molecule has 0 aliphatic carbocycles. The summed E-state index contributed by atoms with van der Waals surface area (Å²) in [5.74, 6) is -0.0682. The van der Waals surface area contributed by atoms with Crippen LogP contribution in [0.3, 0.4) is 0 Å². The molecule has 1 fully saturated rings. The van der Waals surface area contributed by atoms with Crippen LogP contribution < -0.4 is 10.9 Å². The number of rotatable bonds is 1. The Labute approximate surface area is 116 Å². The van der Waals surface area contributed by atoms with Gasteiger partial charge in [-0.2, -0.15) is 0 Å². The summed E-state index contributed by atoms with van der Waals surface area (Å²) in [4.78, 5) is 29.0. The van der Waals surface area contributed by atoms with Gasteiger partial charge >= 0.3 is 0 Å². The molecule has 0 bridgehead atoms. The van der Waals surface area contributed by atoms with Crippen molar-refractivity contribution in [2.24, 2.45) is 0 Å². The normalized spacial score (nSPS) is 19.2. The topological polar surface area (TPSA) is 65.2 Å². The molecule has 2 N–H and O–H groups in total. The third-order valence-corrected chi connectivity index (χ3v) is 3.74. The number of carbonyl (C=O) groups excluding carboxylic acids is 1. The maximum Gasteiger partial charge on any atom is 0.255 e. The highest BCUT2D eigenvalue weighted by molar-refractivity contribution is 6.06. The van der Waals surface area contributed by atoms with E-state index >= 15 is 0 Å². The predicted octanol–water partition coefficient (Wildman–Crippen LogP) is 0.962. The molecule has 3 rings (SSSR count). The minimum atomic E-state index is -0.241. The second kappa shape index (κ2) is 5.09. The van der Waals surface area contributed by atoms with E-state index < -0.39 is 0 Å². The first-order chi connectivity index (χ1) is 9.66. The molecule has 1 aromatic carbocycles. The molecule has 104 valence electrons. The second-order valence-corrected chi connectivity index (χ2v) is 5.14. The SMILES string of the molecule is C[C@H]1CNCCN1C(=O)c1cc(=O)[nH]c2ccccc12. The first-order valence-electron chi connectivity index (χ1n) is 6.80. The number of hydrogen-bond acceptors (Lipinski definition) is 3. The van der Waals surface area contributed by atoms with E-state index in [0.29, 0.717) is 17.6 Å². The van der Waals surface area contributed by atoms with Crippen molar-refractivity contribution < 1.29 is 4.79 Å². The number of carbonyl (C=O) groups is 1. The summed E-state index contributed by atoms with van der Waals surface area (Å²) in [5, 5.41) is 4.05. The lowest BCUT2D eigenvalue weighted by molar-refractivity contribution is 0.0657. The number of benzene rings is 1. The molecule has 0 radical (unpaired) electrons. The van der Waals surface area contributed by atoms with Crippen LogP contribution in [0.1, 0.15) is 17.3 Å². The van der Waals surface area contributed by atoms with Crippen molar-refractivity contribution >= 4 is 16.8 Å². The summed E-state index contributed by atoms with van der Waals surface area (Å²) in [6.45, 7) is 4.25. The first-order valence-corrected chi connectivity index (χ1v) is 6.80. The Balaban J connectivity index is 2.09. The highest BCUT2D eigenvalue weighted by Gasteiger charge is 2.25. The van der Waals surface area contributed by atoms with Crippen LogP contribution in [0.15, 0.2) is 35.1 Å². The number of amides is 1. The van der Waals surface area contributed by atoms with E-state index in [1.807, 2.05) is 36.1 Å². The number of nitrogens with zero attached hydrogens (tertiary/aromatic N) is 1. The maximum atomic E-state index is 12.7. The van der Waals surface area contributed by atoms with Gasteiger partial charge in [0.15, 0.2) is 0 Å². The molecule has 0 saturated carbocycles. The average Bonchev–Trinajstić information content (AvgIpc) is 2.46. The van der Waals surface area contributed by atoms with Crippen LogP contribution in [0.4, 0.5) is 0 Å². The smallest absolute Gasteiger partial charge is 0.255 e. The number of para-hydroxylation sites is 1. The van der Waals surface area contributed by atoms with Crippen LogP contribution in [0.25, 0.3) is 10.9 Å². The molecular formula is C15H17N3O2. The van der Waals surface area contributed by atoms with E-state index in [2.05, 4.69) is 10.3 Å². The Kier molecular flexibility index (Phi) is 3.28. The van der Waals surface area contributed by atoms with Gasteiger partial charge in [0.05, 0.1) is 5.56 Å². The lowest BCUT2D eigenvalue weighted by Crippen LogP contribution is -2.52. The van der Waals surface area contributed by atoms with E-state index in [-0.39, 0.29) is 17.5 Å². The van der Waals surface area contributed by atoms with Crippen molar-refractivity contribution in [3.63, 3.8) is 0 Å². The van der Waals surface area contributed by atoms with Crippen molar-refractivity contribution in [1.82, 2.24) is 15.2 Å². The second-order valence-electron chi connectivity index (χ2n) is 5.14. The lowest BCUT2D eigenvalue weighted by atomic mass is 10.1. The highest BCUT2D eigenvalue weighted by atomic mass is 16.2. The van der Waals surface area contributed by atoms with Gasteiger partial charge in [-0.25, -0.2) is 0 Å². The number of aromatic nitrogens is 1. The number of H-pyrrole nitrogens is 1. The molecule has 5 heteroatoms. The summed E-state index contributed by atoms with van der Waals surface area (Å²) in [6, 6.07) is 8.94. The fraction of sp³-hybridized carbons (Fsp3) is 0.333. The van der Waals surface area contributed by atoms with Gasteiger partial charge in [-0.15, -0.1) is 0 Å². The zero-order chi connectivity index (χ0) is 14.1. The Morgan fingerprint density at radius 2 is 2.15 bits per heavy atom. The summed E-state index contributed by atoms with van der Waals surface area (Å²) in [5.41, 5.74) is 0.944. The van der Waals surface area contributed by atoms with Gasteiger partial charge in [-0.3, -0.25) is 9.59 Å². The highest BCUT2D eigenvalue weighted by Crippen LogP contribution is 2.18. The van der Waals surface area contributed by atoms with Gasteiger partial charge in [0.25, 0.3) is 5.91 Å². The van der Waals surface area contributed by atoms with E-state index in [9.17, 15) is 9.59 Å². The molecule has 2 heterocycles. The minimum Gasteiger partial charge on any atom is -0.333 e. The van der Waals surface area contributed by atoms with E-state index in [1.54, 1.807) is 0 Å². The largest absolute Gasteiger partial charge is 0.333 e. The van der Waals surface area contributed by atoms with Crippen LogP contribution in [-0.4, -0.2) is 41.5 Å². The van der Waals surface area contributed by atoms with Gasteiger partial charge < -0.3 is 15.2 Å². The monoisotopic (exact) mass is 271 g/mol. The van der Waals surface area contributed by atoms with Gasteiger partial charge in [0, 0.05) is 42.6 Å². The fourth-order valence-electron chi connectivity index (χ4n) is 2.68. The number of hydrogen-bond donors (Lipinski definition) is 2. The Morgan fingerprint density at radius 1 is 1.35 bits per heavy atom. The Morgan fingerprint density at radius 3 is 2.95 bits per heavy atom. The molecule has 5 nitrogen and oxygen atoms in total. The molecule has 1 aliphatic rings. The number of fused-ring (bicyclic) bond motifs is 1. The quantitative estimate of drug-likeness (QED) is 0.812. The average molecular weight is 271 g/mol. The maximum absolute atomic E-state index is 12.7. The molecule has 1 aliphatic heterocycles. The number of piperazine rings is 1. The van der Waals surface area contributed by atoms with E-state index in [4.69, 9.17) is 0 Å². The Hall–Kier alpha value is -2.14. The van der Waals surface area contributed by atoms with Crippen molar-refractivity contribution in [2.75, 3.05) is 19.6 Å². The number of aromatic amines is 1. The molecule has 1 saturated heterocycles. The fourth-order valence-corrected chi connectivity index (χ4v) is 2.68. The summed E-state index contributed by atoms with van der Waals surface area (Å²) < 4.78 is 0. The zero-order valence-corrected chi connectivity index (χ0v) is 11.3. The van der Waals surface area contributed by atoms with Crippen molar-refractivity contribution in [2.45, 2.75) is 13.0 Å². The van der Waals surface area contributed by atoms with Crippen LogP contribution in [0, 0.1) is 0 Å². The molecule has 0 unspecified atom stereocenters. The third kappa shape index (κ3) is 2.20.